The third kappa shape index (κ3) is 2.72. The van der Waals surface area contributed by atoms with Crippen LogP contribution in [0.15, 0.2) is 24.3 Å². The number of benzene rings is 1. The van der Waals surface area contributed by atoms with Crippen molar-refractivity contribution in [2.45, 2.75) is 45.3 Å². The van der Waals surface area contributed by atoms with Crippen LogP contribution < -0.4 is 5.73 Å². The Hall–Kier alpha value is -1.35. The lowest BCUT2D eigenvalue weighted by molar-refractivity contribution is -0.152. The number of hydrogen-bond acceptors (Lipinski definition) is 3. The molecule has 0 heterocycles. The maximum Gasteiger partial charge on any atom is 0.323 e. The number of nitrogens with two attached hydrogens (primary N) is 1. The maximum atomic E-state index is 11.9. The molecule has 0 spiro atoms. The van der Waals surface area contributed by atoms with Gasteiger partial charge in [0.05, 0.1) is 0 Å². The second kappa shape index (κ2) is 5.53. The molecular formula is C15H21NO2. The summed E-state index contributed by atoms with van der Waals surface area (Å²) in [5, 5.41) is 0. The molecule has 1 aliphatic rings. The van der Waals surface area contributed by atoms with Crippen LogP contribution in [0.5, 0.6) is 0 Å². The van der Waals surface area contributed by atoms with E-state index in [1.165, 1.54) is 5.56 Å². The smallest absolute Gasteiger partial charge is 0.323 e. The van der Waals surface area contributed by atoms with E-state index in [0.29, 0.717) is 0 Å². The Morgan fingerprint density at radius 1 is 1.39 bits per heavy atom. The van der Waals surface area contributed by atoms with E-state index in [-0.39, 0.29) is 18.0 Å². The highest BCUT2D eigenvalue weighted by molar-refractivity contribution is 5.76. The van der Waals surface area contributed by atoms with Gasteiger partial charge in [0.25, 0.3) is 0 Å². The topological polar surface area (TPSA) is 52.3 Å². The number of hydrogen-bond donors (Lipinski definition) is 1. The summed E-state index contributed by atoms with van der Waals surface area (Å²) in [5.41, 5.74) is 8.26. The lowest BCUT2D eigenvalue weighted by Crippen LogP contribution is -2.38. The third-order valence-electron chi connectivity index (χ3n) is 3.56. The summed E-state index contributed by atoms with van der Waals surface area (Å²) >= 11 is 0. The summed E-state index contributed by atoms with van der Waals surface area (Å²) < 4.78 is 5.58. The Morgan fingerprint density at radius 2 is 2.11 bits per heavy atom. The molecule has 0 amide bonds. The van der Waals surface area contributed by atoms with Crippen molar-refractivity contribution in [2.75, 3.05) is 0 Å². The minimum absolute atomic E-state index is 0.108. The molecule has 0 aliphatic heterocycles. The normalized spacial score (nSPS) is 20.3. The maximum absolute atomic E-state index is 11.9. The van der Waals surface area contributed by atoms with Gasteiger partial charge in [0.2, 0.25) is 0 Å². The molecule has 0 bridgehead atoms. The summed E-state index contributed by atoms with van der Waals surface area (Å²) in [4.78, 5) is 11.9. The Balaban J connectivity index is 2.10. The van der Waals surface area contributed by atoms with Crippen LogP contribution in [0.4, 0.5) is 0 Å². The summed E-state index contributed by atoms with van der Waals surface area (Å²) in [6.45, 7) is 3.86. The van der Waals surface area contributed by atoms with Crippen molar-refractivity contribution >= 4 is 5.97 Å². The first-order valence-corrected chi connectivity index (χ1v) is 6.63. The molecule has 1 aromatic carbocycles. The minimum atomic E-state index is -0.529. The third-order valence-corrected chi connectivity index (χ3v) is 3.56. The Kier molecular flexibility index (Phi) is 4.02. The molecular weight excluding hydrogens is 226 g/mol. The van der Waals surface area contributed by atoms with Gasteiger partial charge in [0.1, 0.15) is 12.1 Å². The first-order valence-electron chi connectivity index (χ1n) is 6.63. The summed E-state index contributed by atoms with van der Waals surface area (Å²) in [6.07, 6.45) is 2.91. The second-order valence-corrected chi connectivity index (χ2v) is 5.29. The highest BCUT2D eigenvalue weighted by atomic mass is 16.5. The Morgan fingerprint density at radius 3 is 2.83 bits per heavy atom. The van der Waals surface area contributed by atoms with Crippen LogP contribution >= 0.6 is 0 Å². The lowest BCUT2D eigenvalue weighted by atomic mass is 9.89. The summed E-state index contributed by atoms with van der Waals surface area (Å²) in [5.74, 6) is -0.178. The minimum Gasteiger partial charge on any atom is -0.456 e. The zero-order valence-electron chi connectivity index (χ0n) is 11.1. The number of carbonyl (C=O) groups is 1. The highest BCUT2D eigenvalue weighted by Gasteiger charge is 2.26. The van der Waals surface area contributed by atoms with Gasteiger partial charge in [-0.05, 0) is 36.3 Å². The molecule has 0 saturated heterocycles. The van der Waals surface area contributed by atoms with Gasteiger partial charge in [-0.2, -0.15) is 0 Å². The second-order valence-electron chi connectivity index (χ2n) is 5.29. The molecule has 3 heteroatoms. The van der Waals surface area contributed by atoms with Gasteiger partial charge < -0.3 is 10.5 Å². The zero-order chi connectivity index (χ0) is 13.1. The van der Waals surface area contributed by atoms with E-state index in [2.05, 4.69) is 6.07 Å². The van der Waals surface area contributed by atoms with Crippen LogP contribution in [0.1, 0.15) is 43.9 Å². The molecule has 0 radical (unpaired) electrons. The monoisotopic (exact) mass is 247 g/mol. The zero-order valence-corrected chi connectivity index (χ0v) is 11.1. The van der Waals surface area contributed by atoms with Crippen LogP contribution in [0, 0.1) is 5.92 Å². The highest BCUT2D eigenvalue weighted by Crippen LogP contribution is 2.32. The largest absolute Gasteiger partial charge is 0.456 e. The first kappa shape index (κ1) is 13.1. The molecule has 2 N–H and O–H groups in total. The average Bonchev–Trinajstić information content (AvgIpc) is 2.38. The Labute approximate surface area is 108 Å². The number of fused-ring (bicyclic) bond motifs is 1. The van der Waals surface area contributed by atoms with Gasteiger partial charge >= 0.3 is 5.97 Å². The standard InChI is InChI=1S/C15H21NO2/c1-10(2)14(16)15(17)18-13-9-5-7-11-6-3-4-8-12(11)13/h3-4,6,8,10,13-14H,5,7,9,16H2,1-2H3/t13?,14-/m1/s1. The predicted octanol–water partition coefficient (Wildman–Crippen LogP) is 2.59. The first-order chi connectivity index (χ1) is 8.59. The van der Waals surface area contributed by atoms with Gasteiger partial charge in [-0.25, -0.2) is 0 Å². The van der Waals surface area contributed by atoms with Crippen LogP contribution in [-0.4, -0.2) is 12.0 Å². The Bertz CT molecular complexity index is 428. The van der Waals surface area contributed by atoms with E-state index in [0.717, 1.165) is 24.8 Å². The van der Waals surface area contributed by atoms with E-state index >= 15 is 0 Å². The number of carbonyl (C=O) groups excluding carboxylic acids is 1. The van der Waals surface area contributed by atoms with Crippen molar-refractivity contribution in [3.8, 4) is 0 Å². The molecule has 1 aliphatic carbocycles. The van der Waals surface area contributed by atoms with Crippen LogP contribution in [0.3, 0.4) is 0 Å². The van der Waals surface area contributed by atoms with E-state index < -0.39 is 6.04 Å². The van der Waals surface area contributed by atoms with Gasteiger partial charge in [0.15, 0.2) is 0 Å². The quantitative estimate of drug-likeness (QED) is 0.835. The molecule has 2 rings (SSSR count). The van der Waals surface area contributed by atoms with Crippen molar-refractivity contribution < 1.29 is 9.53 Å². The van der Waals surface area contributed by atoms with E-state index in [1.54, 1.807) is 0 Å². The fraction of sp³-hybridized carbons (Fsp3) is 0.533. The molecule has 1 unspecified atom stereocenters. The average molecular weight is 247 g/mol. The van der Waals surface area contributed by atoms with Crippen molar-refractivity contribution in [2.24, 2.45) is 11.7 Å². The number of aryl methyl sites for hydroxylation is 1. The number of ether oxygens (including phenoxy) is 1. The van der Waals surface area contributed by atoms with Crippen molar-refractivity contribution in [1.29, 1.82) is 0 Å². The van der Waals surface area contributed by atoms with Crippen molar-refractivity contribution in [3.63, 3.8) is 0 Å². The van der Waals surface area contributed by atoms with Gasteiger partial charge in [-0.15, -0.1) is 0 Å². The van der Waals surface area contributed by atoms with E-state index in [4.69, 9.17) is 10.5 Å². The van der Waals surface area contributed by atoms with Crippen molar-refractivity contribution in [3.05, 3.63) is 35.4 Å². The molecule has 2 atom stereocenters. The summed E-state index contributed by atoms with van der Waals surface area (Å²) in [6, 6.07) is 7.65. The van der Waals surface area contributed by atoms with E-state index in [1.807, 2.05) is 32.0 Å². The molecule has 0 aromatic heterocycles. The molecule has 3 nitrogen and oxygen atoms in total. The predicted molar refractivity (Wildman–Crippen MR) is 71.0 cm³/mol. The van der Waals surface area contributed by atoms with Gasteiger partial charge in [0, 0.05) is 0 Å². The van der Waals surface area contributed by atoms with E-state index in [9.17, 15) is 4.79 Å². The SMILES string of the molecule is CC(C)[C@@H](N)C(=O)OC1CCCc2ccccc21. The van der Waals surface area contributed by atoms with Gasteiger partial charge in [-0.3, -0.25) is 4.79 Å². The summed E-state index contributed by atoms with van der Waals surface area (Å²) in [7, 11) is 0. The number of esters is 1. The molecule has 18 heavy (non-hydrogen) atoms. The van der Waals surface area contributed by atoms with Crippen LogP contribution in [-0.2, 0) is 16.0 Å². The van der Waals surface area contributed by atoms with Crippen LogP contribution in [0.2, 0.25) is 0 Å². The molecule has 0 fully saturated rings. The lowest BCUT2D eigenvalue weighted by Gasteiger charge is -2.27. The molecule has 0 saturated carbocycles. The van der Waals surface area contributed by atoms with Crippen LogP contribution in [0.25, 0.3) is 0 Å². The number of rotatable bonds is 3. The fourth-order valence-corrected chi connectivity index (χ4v) is 2.32. The molecule has 98 valence electrons. The van der Waals surface area contributed by atoms with Crippen molar-refractivity contribution in [1.82, 2.24) is 0 Å². The molecule has 1 aromatic rings. The fourth-order valence-electron chi connectivity index (χ4n) is 2.32. The van der Waals surface area contributed by atoms with Gasteiger partial charge in [-0.1, -0.05) is 38.1 Å².